The van der Waals surface area contributed by atoms with E-state index in [0.29, 0.717) is 10.9 Å². The van der Waals surface area contributed by atoms with E-state index in [1.54, 1.807) is 24.3 Å². The van der Waals surface area contributed by atoms with Crippen LogP contribution in [-0.4, -0.2) is 34.0 Å². The number of nitrogens with one attached hydrogen (secondary N) is 1. The van der Waals surface area contributed by atoms with Crippen molar-refractivity contribution in [2.75, 3.05) is 7.11 Å². The van der Waals surface area contributed by atoms with E-state index in [4.69, 9.17) is 4.74 Å². The Hall–Kier alpha value is -3.55. The Morgan fingerprint density at radius 3 is 2.59 bits per heavy atom. The van der Waals surface area contributed by atoms with Gasteiger partial charge in [0, 0.05) is 6.42 Å². The zero-order valence-corrected chi connectivity index (χ0v) is 16.3. The summed E-state index contributed by atoms with van der Waals surface area (Å²) in [7, 11) is 1.31. The average Bonchev–Trinajstić information content (AvgIpc) is 2.73. The maximum absolute atomic E-state index is 12.5. The Morgan fingerprint density at radius 1 is 1.14 bits per heavy atom. The van der Waals surface area contributed by atoms with E-state index in [0.717, 1.165) is 11.1 Å². The van der Waals surface area contributed by atoms with Gasteiger partial charge in [0.15, 0.2) is 0 Å². The molecule has 0 fully saturated rings. The summed E-state index contributed by atoms with van der Waals surface area (Å²) in [5.41, 5.74) is 2.09. The number of nitrogens with zero attached hydrogens (tertiary/aromatic N) is 3. The molecule has 150 valence electrons. The lowest BCUT2D eigenvalue weighted by Crippen LogP contribution is -2.33. The molecule has 0 aliphatic carbocycles. The Balaban J connectivity index is 1.70. The fraction of sp³-hybridized carbons (Fsp3) is 0.286. The zero-order chi connectivity index (χ0) is 20.8. The van der Waals surface area contributed by atoms with Gasteiger partial charge in [-0.1, -0.05) is 47.2 Å². The lowest BCUT2D eigenvalue weighted by Gasteiger charge is -2.18. The van der Waals surface area contributed by atoms with Gasteiger partial charge in [-0.05, 0) is 24.6 Å². The molecule has 8 heteroatoms. The maximum Gasteiger partial charge on any atom is 0.307 e. The number of benzene rings is 2. The maximum atomic E-state index is 12.5. The summed E-state index contributed by atoms with van der Waals surface area (Å²) in [6.45, 7) is 2.04. The minimum atomic E-state index is -0.519. The number of ether oxygens (including phenoxy) is 1. The van der Waals surface area contributed by atoms with E-state index in [-0.39, 0.29) is 30.9 Å². The molecule has 0 saturated heterocycles. The van der Waals surface area contributed by atoms with Gasteiger partial charge >= 0.3 is 5.97 Å². The second kappa shape index (κ2) is 9.09. The van der Waals surface area contributed by atoms with Crippen molar-refractivity contribution in [2.24, 2.45) is 0 Å². The van der Waals surface area contributed by atoms with Gasteiger partial charge in [-0.15, -0.1) is 5.10 Å². The van der Waals surface area contributed by atoms with Crippen LogP contribution in [0.1, 0.15) is 30.0 Å². The lowest BCUT2D eigenvalue weighted by atomic mass is 10.0. The van der Waals surface area contributed by atoms with Crippen molar-refractivity contribution in [3.05, 3.63) is 70.0 Å². The van der Waals surface area contributed by atoms with Crippen LogP contribution in [0.5, 0.6) is 0 Å². The number of fused-ring (bicyclic) bond motifs is 1. The van der Waals surface area contributed by atoms with Crippen molar-refractivity contribution >= 4 is 22.8 Å². The van der Waals surface area contributed by atoms with Gasteiger partial charge in [0.1, 0.15) is 5.52 Å². The first-order chi connectivity index (χ1) is 14.0. The number of carbonyl (C=O) groups is 2. The number of aryl methyl sites for hydroxylation is 2. The number of hydrogen-bond acceptors (Lipinski definition) is 6. The van der Waals surface area contributed by atoms with Gasteiger partial charge in [-0.25, -0.2) is 4.68 Å². The molecule has 0 bridgehead atoms. The highest BCUT2D eigenvalue weighted by Gasteiger charge is 2.19. The van der Waals surface area contributed by atoms with Gasteiger partial charge in [-0.2, -0.15) is 0 Å². The molecule has 29 heavy (non-hydrogen) atoms. The molecule has 2 aromatic carbocycles. The third-order valence-corrected chi connectivity index (χ3v) is 4.59. The summed E-state index contributed by atoms with van der Waals surface area (Å²) < 4.78 is 5.91. The molecular formula is C21H22N4O4. The third kappa shape index (κ3) is 5.04. The van der Waals surface area contributed by atoms with Gasteiger partial charge in [-0.3, -0.25) is 14.4 Å². The molecule has 0 unspecified atom stereocenters. The average molecular weight is 394 g/mol. The Morgan fingerprint density at radius 2 is 1.86 bits per heavy atom. The standard InChI is InChI=1S/C21H22N4O4/c1-14-7-9-15(10-8-14)18(13-20(27)29-2)22-19(26)11-12-25-21(28)16-5-3-4-6-17(16)23-24-25/h3-10,18H,11-13H2,1-2H3,(H,22,26)/t18-/m0/s1. The normalized spacial score (nSPS) is 11.8. The first kappa shape index (κ1) is 20.2. The number of esters is 1. The molecule has 0 saturated carbocycles. The van der Waals surface area contributed by atoms with Crippen LogP contribution in [0.3, 0.4) is 0 Å². The molecule has 0 aliphatic rings. The Bertz CT molecular complexity index is 1080. The second-order valence-electron chi connectivity index (χ2n) is 6.70. The summed E-state index contributed by atoms with van der Waals surface area (Å²) in [6.07, 6.45) is 0.0392. The smallest absolute Gasteiger partial charge is 0.307 e. The van der Waals surface area contributed by atoms with Crippen molar-refractivity contribution < 1.29 is 14.3 Å². The van der Waals surface area contributed by atoms with Crippen LogP contribution in [0.2, 0.25) is 0 Å². The number of aromatic nitrogens is 3. The molecule has 3 rings (SSSR count). The van der Waals surface area contributed by atoms with Crippen molar-refractivity contribution in [2.45, 2.75) is 32.4 Å². The fourth-order valence-electron chi connectivity index (χ4n) is 2.94. The molecule has 1 heterocycles. The number of amides is 1. The molecule has 1 aromatic heterocycles. The van der Waals surface area contributed by atoms with Gasteiger partial charge in [0.25, 0.3) is 5.56 Å². The van der Waals surface area contributed by atoms with Crippen molar-refractivity contribution in [3.63, 3.8) is 0 Å². The van der Waals surface area contributed by atoms with Crippen LogP contribution >= 0.6 is 0 Å². The third-order valence-electron chi connectivity index (χ3n) is 4.59. The van der Waals surface area contributed by atoms with E-state index in [9.17, 15) is 14.4 Å². The quantitative estimate of drug-likeness (QED) is 0.614. The Kier molecular flexibility index (Phi) is 6.33. The molecule has 1 amide bonds. The number of carbonyl (C=O) groups excluding carboxylic acids is 2. The highest BCUT2D eigenvalue weighted by atomic mass is 16.5. The Labute approximate surface area is 167 Å². The molecular weight excluding hydrogens is 372 g/mol. The highest BCUT2D eigenvalue weighted by Crippen LogP contribution is 2.18. The first-order valence-electron chi connectivity index (χ1n) is 9.23. The number of methoxy groups -OCH3 is 1. The lowest BCUT2D eigenvalue weighted by molar-refractivity contribution is -0.141. The molecule has 1 atom stereocenters. The second-order valence-corrected chi connectivity index (χ2v) is 6.70. The van der Waals surface area contributed by atoms with Crippen LogP contribution in [0.25, 0.3) is 10.9 Å². The van der Waals surface area contributed by atoms with Gasteiger partial charge in [0.2, 0.25) is 5.91 Å². The molecule has 3 aromatic rings. The van der Waals surface area contributed by atoms with E-state index in [1.165, 1.54) is 11.8 Å². The van der Waals surface area contributed by atoms with E-state index in [1.807, 2.05) is 31.2 Å². The highest BCUT2D eigenvalue weighted by molar-refractivity contribution is 5.78. The summed E-state index contributed by atoms with van der Waals surface area (Å²) in [4.78, 5) is 36.7. The summed E-state index contributed by atoms with van der Waals surface area (Å²) in [6, 6.07) is 13.9. The minimum absolute atomic E-state index is 0.0149. The summed E-state index contributed by atoms with van der Waals surface area (Å²) in [5, 5.41) is 11.2. The van der Waals surface area contributed by atoms with Crippen molar-refractivity contribution in [1.29, 1.82) is 0 Å². The zero-order valence-electron chi connectivity index (χ0n) is 16.3. The summed E-state index contributed by atoms with van der Waals surface area (Å²) in [5.74, 6) is -0.728. The number of hydrogen-bond donors (Lipinski definition) is 1. The van der Waals surface area contributed by atoms with Crippen LogP contribution in [-0.2, 0) is 20.9 Å². The van der Waals surface area contributed by atoms with E-state index in [2.05, 4.69) is 15.6 Å². The number of rotatable bonds is 7. The predicted octanol–water partition coefficient (Wildman–Crippen LogP) is 1.91. The van der Waals surface area contributed by atoms with E-state index >= 15 is 0 Å². The van der Waals surface area contributed by atoms with Crippen LogP contribution in [0.4, 0.5) is 0 Å². The predicted molar refractivity (Wildman–Crippen MR) is 107 cm³/mol. The van der Waals surface area contributed by atoms with Gasteiger partial charge < -0.3 is 10.1 Å². The SMILES string of the molecule is COC(=O)C[C@H](NC(=O)CCn1nnc2ccccc2c1=O)c1ccc(C)cc1. The summed E-state index contributed by atoms with van der Waals surface area (Å²) >= 11 is 0. The molecule has 1 N–H and O–H groups in total. The molecule has 0 spiro atoms. The molecule has 0 radical (unpaired) electrons. The van der Waals surface area contributed by atoms with Crippen LogP contribution in [0, 0.1) is 6.92 Å². The van der Waals surface area contributed by atoms with Crippen LogP contribution in [0.15, 0.2) is 53.3 Å². The van der Waals surface area contributed by atoms with Crippen molar-refractivity contribution in [1.82, 2.24) is 20.3 Å². The largest absolute Gasteiger partial charge is 0.469 e. The monoisotopic (exact) mass is 394 g/mol. The van der Waals surface area contributed by atoms with Crippen molar-refractivity contribution in [3.8, 4) is 0 Å². The van der Waals surface area contributed by atoms with Crippen LogP contribution < -0.4 is 10.9 Å². The fourth-order valence-corrected chi connectivity index (χ4v) is 2.94. The van der Waals surface area contributed by atoms with Gasteiger partial charge in [0.05, 0.1) is 31.5 Å². The molecule has 8 nitrogen and oxygen atoms in total. The minimum Gasteiger partial charge on any atom is -0.469 e. The topological polar surface area (TPSA) is 103 Å². The first-order valence-corrected chi connectivity index (χ1v) is 9.23. The molecule has 0 aliphatic heterocycles. The van der Waals surface area contributed by atoms with E-state index < -0.39 is 12.0 Å².